The van der Waals surface area contributed by atoms with Gasteiger partial charge in [0.25, 0.3) is 0 Å². The Morgan fingerprint density at radius 1 is 1.39 bits per heavy atom. The molecule has 0 aliphatic heterocycles. The van der Waals surface area contributed by atoms with Crippen LogP contribution in [0, 0.1) is 0 Å². The topological polar surface area (TPSA) is 72.5 Å². The van der Waals surface area contributed by atoms with E-state index in [1.165, 1.54) is 17.0 Å². The van der Waals surface area contributed by atoms with E-state index in [2.05, 4.69) is 6.07 Å². The summed E-state index contributed by atoms with van der Waals surface area (Å²) in [5.41, 5.74) is 5.95. The molecule has 2 rings (SSSR count). The highest BCUT2D eigenvalue weighted by Crippen LogP contribution is 2.20. The number of aromatic carboxylic acids is 1. The van der Waals surface area contributed by atoms with Crippen LogP contribution in [0.1, 0.15) is 15.2 Å². The van der Waals surface area contributed by atoms with E-state index < -0.39 is 5.97 Å². The van der Waals surface area contributed by atoms with E-state index in [1.54, 1.807) is 17.4 Å². The zero-order chi connectivity index (χ0) is 13.0. The molecule has 94 valence electrons. The van der Waals surface area contributed by atoms with Crippen molar-refractivity contribution in [3.63, 3.8) is 0 Å². The largest absolute Gasteiger partial charge is 0.493 e. The molecular formula is C13H13NO3S. The Morgan fingerprint density at radius 2 is 2.22 bits per heavy atom. The SMILES string of the molecule is Nc1cc(OCCc2cccs2)ccc1C(=O)O. The molecule has 0 aliphatic rings. The number of benzene rings is 1. The first kappa shape index (κ1) is 12.4. The lowest BCUT2D eigenvalue weighted by Gasteiger charge is -2.07. The fraction of sp³-hybridized carbons (Fsp3) is 0.154. The summed E-state index contributed by atoms with van der Waals surface area (Å²) in [5.74, 6) is -0.438. The van der Waals surface area contributed by atoms with Gasteiger partial charge in [-0.25, -0.2) is 4.79 Å². The Morgan fingerprint density at radius 3 is 2.83 bits per heavy atom. The molecule has 4 nitrogen and oxygen atoms in total. The van der Waals surface area contributed by atoms with Gasteiger partial charge in [-0.1, -0.05) is 6.07 Å². The van der Waals surface area contributed by atoms with E-state index in [0.717, 1.165) is 6.42 Å². The van der Waals surface area contributed by atoms with Crippen LogP contribution in [0.2, 0.25) is 0 Å². The number of thiophene rings is 1. The standard InChI is InChI=1S/C13H13NO3S/c14-12-8-9(3-4-11(12)13(15)16)17-6-5-10-2-1-7-18-10/h1-4,7-8H,5-6,14H2,(H,15,16). The third-order valence-corrected chi connectivity index (χ3v) is 3.39. The van der Waals surface area contributed by atoms with Crippen LogP contribution < -0.4 is 10.5 Å². The summed E-state index contributed by atoms with van der Waals surface area (Å²) in [4.78, 5) is 12.0. The van der Waals surface area contributed by atoms with Gasteiger partial charge >= 0.3 is 5.97 Å². The number of carboxylic acids is 1. The lowest BCUT2D eigenvalue weighted by molar-refractivity contribution is 0.0698. The van der Waals surface area contributed by atoms with Crippen LogP contribution in [0.5, 0.6) is 5.75 Å². The summed E-state index contributed by atoms with van der Waals surface area (Å²) in [5, 5.41) is 10.9. The monoisotopic (exact) mass is 263 g/mol. The summed E-state index contributed by atoms with van der Waals surface area (Å²) in [6.07, 6.45) is 0.832. The van der Waals surface area contributed by atoms with Crippen molar-refractivity contribution in [1.82, 2.24) is 0 Å². The van der Waals surface area contributed by atoms with Crippen molar-refractivity contribution >= 4 is 23.0 Å². The number of hydrogen-bond donors (Lipinski definition) is 2. The molecule has 0 aliphatic carbocycles. The van der Waals surface area contributed by atoms with Crippen LogP contribution in [-0.4, -0.2) is 17.7 Å². The van der Waals surface area contributed by atoms with Crippen LogP contribution in [0.25, 0.3) is 0 Å². The van der Waals surface area contributed by atoms with E-state index in [4.69, 9.17) is 15.6 Å². The highest BCUT2D eigenvalue weighted by atomic mass is 32.1. The van der Waals surface area contributed by atoms with Crippen LogP contribution >= 0.6 is 11.3 Å². The molecule has 0 atom stereocenters. The maximum atomic E-state index is 10.8. The Kier molecular flexibility index (Phi) is 3.84. The maximum Gasteiger partial charge on any atom is 0.337 e. The molecule has 0 saturated carbocycles. The van der Waals surface area contributed by atoms with Gasteiger partial charge in [0.1, 0.15) is 5.75 Å². The van der Waals surface area contributed by atoms with Gasteiger partial charge in [0.05, 0.1) is 12.2 Å². The fourth-order valence-corrected chi connectivity index (χ4v) is 2.24. The van der Waals surface area contributed by atoms with Crippen LogP contribution in [0.4, 0.5) is 5.69 Å². The Bertz CT molecular complexity index is 537. The van der Waals surface area contributed by atoms with Crippen LogP contribution in [0.3, 0.4) is 0 Å². The Balaban J connectivity index is 1.94. The number of rotatable bonds is 5. The average Bonchev–Trinajstić information content (AvgIpc) is 2.81. The first-order valence-electron chi connectivity index (χ1n) is 5.45. The van der Waals surface area contributed by atoms with E-state index in [9.17, 15) is 4.79 Å². The maximum absolute atomic E-state index is 10.8. The van der Waals surface area contributed by atoms with Crippen molar-refractivity contribution in [1.29, 1.82) is 0 Å². The highest BCUT2D eigenvalue weighted by Gasteiger charge is 2.08. The lowest BCUT2D eigenvalue weighted by atomic mass is 10.2. The van der Waals surface area contributed by atoms with Gasteiger partial charge in [0.15, 0.2) is 0 Å². The van der Waals surface area contributed by atoms with E-state index in [-0.39, 0.29) is 11.3 Å². The van der Waals surface area contributed by atoms with Crippen molar-refractivity contribution in [2.24, 2.45) is 0 Å². The Hall–Kier alpha value is -2.01. The van der Waals surface area contributed by atoms with Crippen molar-refractivity contribution in [3.05, 3.63) is 46.2 Å². The molecule has 1 aromatic carbocycles. The first-order valence-corrected chi connectivity index (χ1v) is 6.33. The predicted molar refractivity (Wildman–Crippen MR) is 71.3 cm³/mol. The van der Waals surface area contributed by atoms with Crippen molar-refractivity contribution in [2.75, 3.05) is 12.3 Å². The molecule has 18 heavy (non-hydrogen) atoms. The quantitative estimate of drug-likeness (QED) is 0.813. The summed E-state index contributed by atoms with van der Waals surface area (Å²) in [7, 11) is 0. The van der Waals surface area contributed by atoms with Gasteiger partial charge in [-0.15, -0.1) is 11.3 Å². The zero-order valence-electron chi connectivity index (χ0n) is 9.63. The molecule has 0 bridgehead atoms. The summed E-state index contributed by atoms with van der Waals surface area (Å²) >= 11 is 1.69. The molecule has 1 aromatic heterocycles. The van der Waals surface area contributed by atoms with Crippen molar-refractivity contribution < 1.29 is 14.6 Å². The van der Waals surface area contributed by atoms with Gasteiger partial charge in [-0.2, -0.15) is 0 Å². The number of carbonyl (C=O) groups is 1. The molecule has 0 radical (unpaired) electrons. The number of ether oxygens (including phenoxy) is 1. The normalized spacial score (nSPS) is 10.2. The summed E-state index contributed by atoms with van der Waals surface area (Å²) in [6, 6.07) is 8.67. The molecule has 0 fully saturated rings. The molecule has 1 heterocycles. The highest BCUT2D eigenvalue weighted by molar-refractivity contribution is 7.09. The van der Waals surface area contributed by atoms with E-state index >= 15 is 0 Å². The smallest absolute Gasteiger partial charge is 0.337 e. The molecule has 3 N–H and O–H groups in total. The molecule has 0 saturated heterocycles. The first-order chi connectivity index (χ1) is 8.66. The third-order valence-electron chi connectivity index (χ3n) is 2.45. The number of hydrogen-bond acceptors (Lipinski definition) is 4. The predicted octanol–water partition coefficient (Wildman–Crippen LogP) is 2.65. The minimum atomic E-state index is -1.03. The van der Waals surface area contributed by atoms with Crippen LogP contribution in [-0.2, 0) is 6.42 Å². The minimum absolute atomic E-state index is 0.0978. The molecule has 5 heteroatoms. The second-order valence-corrected chi connectivity index (χ2v) is 4.76. The molecule has 0 unspecified atom stereocenters. The second-order valence-electron chi connectivity index (χ2n) is 3.73. The molecule has 0 spiro atoms. The van der Waals surface area contributed by atoms with Gasteiger partial charge in [-0.3, -0.25) is 0 Å². The van der Waals surface area contributed by atoms with Crippen molar-refractivity contribution in [2.45, 2.75) is 6.42 Å². The van der Waals surface area contributed by atoms with Gasteiger partial charge in [-0.05, 0) is 23.6 Å². The van der Waals surface area contributed by atoms with E-state index in [1.807, 2.05) is 11.4 Å². The number of nitrogens with two attached hydrogens (primary N) is 1. The third kappa shape index (κ3) is 3.01. The van der Waals surface area contributed by atoms with E-state index in [0.29, 0.717) is 12.4 Å². The molecule has 2 aromatic rings. The lowest BCUT2D eigenvalue weighted by Crippen LogP contribution is -2.04. The Labute approximate surface area is 109 Å². The number of anilines is 1. The fourth-order valence-electron chi connectivity index (χ4n) is 1.55. The average molecular weight is 263 g/mol. The van der Waals surface area contributed by atoms with Crippen molar-refractivity contribution in [3.8, 4) is 5.75 Å². The summed E-state index contributed by atoms with van der Waals surface area (Å²) in [6.45, 7) is 0.548. The minimum Gasteiger partial charge on any atom is -0.493 e. The van der Waals surface area contributed by atoms with Gasteiger partial charge in [0.2, 0.25) is 0 Å². The van der Waals surface area contributed by atoms with Crippen LogP contribution in [0.15, 0.2) is 35.7 Å². The number of carboxylic acid groups (broad SMARTS) is 1. The molecule has 0 amide bonds. The number of nitrogen functional groups attached to an aromatic ring is 1. The molecular weight excluding hydrogens is 250 g/mol. The second kappa shape index (κ2) is 5.55. The van der Waals surface area contributed by atoms with Gasteiger partial charge in [0, 0.05) is 23.1 Å². The van der Waals surface area contributed by atoms with Gasteiger partial charge < -0.3 is 15.6 Å². The summed E-state index contributed by atoms with van der Waals surface area (Å²) < 4.78 is 5.53. The zero-order valence-corrected chi connectivity index (χ0v) is 10.4.